The number of aliphatic imine (C=N–C) groups is 1. The molecule has 162 valence electrons. The molecule has 5 rings (SSSR count). The van der Waals surface area contributed by atoms with Gasteiger partial charge < -0.3 is 20.5 Å². The van der Waals surface area contributed by atoms with Crippen LogP contribution >= 0.6 is 11.8 Å². The van der Waals surface area contributed by atoms with Crippen molar-refractivity contribution in [3.05, 3.63) is 76.7 Å². The molecular formula is C24H21N3O4S. The first-order chi connectivity index (χ1) is 15.6. The molecule has 2 aliphatic heterocycles. The zero-order valence-corrected chi connectivity index (χ0v) is 17.9. The smallest absolute Gasteiger partial charge is 0.251 e. The van der Waals surface area contributed by atoms with E-state index in [0.717, 1.165) is 21.2 Å². The van der Waals surface area contributed by atoms with Gasteiger partial charge in [-0.1, -0.05) is 30.0 Å². The number of hydrogen-bond donors (Lipinski definition) is 3. The van der Waals surface area contributed by atoms with Crippen LogP contribution in [0.4, 0.5) is 11.4 Å². The van der Waals surface area contributed by atoms with E-state index in [1.165, 1.54) is 0 Å². The summed E-state index contributed by atoms with van der Waals surface area (Å²) in [6.45, 7) is 0.418. The Bertz CT molecular complexity index is 1170. The third-order valence-electron chi connectivity index (χ3n) is 5.49. The van der Waals surface area contributed by atoms with Gasteiger partial charge in [-0.2, -0.15) is 0 Å². The molecule has 2 atom stereocenters. The summed E-state index contributed by atoms with van der Waals surface area (Å²) in [5.74, 6) is -0.492. The monoisotopic (exact) mass is 447 g/mol. The molecular weight excluding hydrogens is 426 g/mol. The van der Waals surface area contributed by atoms with Crippen LogP contribution in [0.25, 0.3) is 0 Å². The highest BCUT2D eigenvalue weighted by atomic mass is 32.2. The molecule has 2 amide bonds. The standard InChI is InChI=1S/C24H21N3O4S/c28-22(27-18-11-12-31-24(18)30)14-5-8-16(9-6-14)25-23(29)15-7-10-21-19(13-15)26-17-3-1-2-4-20(17)32-21/h1-10,18,24,30H,11-13H2,(H,25,29)(H,27,28)/t18-,24?/m0/s1. The molecule has 0 radical (unpaired) electrons. The Hall–Kier alpha value is -3.20. The van der Waals surface area contributed by atoms with Gasteiger partial charge in [-0.05, 0) is 48.9 Å². The Morgan fingerprint density at radius 2 is 1.88 bits per heavy atom. The number of hydrogen-bond acceptors (Lipinski definition) is 6. The third kappa shape index (κ3) is 4.25. The van der Waals surface area contributed by atoms with Crippen LogP contribution < -0.4 is 10.6 Å². The number of allylic oxidation sites excluding steroid dienone is 3. The van der Waals surface area contributed by atoms with Gasteiger partial charge in [-0.3, -0.25) is 14.6 Å². The zero-order chi connectivity index (χ0) is 22.1. The number of rotatable bonds is 4. The second kappa shape index (κ2) is 8.74. The number of nitrogens with zero attached hydrogens (tertiary/aromatic N) is 1. The predicted octanol–water partition coefficient (Wildman–Crippen LogP) is 3.55. The van der Waals surface area contributed by atoms with Crippen LogP contribution in [0.3, 0.4) is 0 Å². The maximum absolute atomic E-state index is 12.8. The second-order valence-corrected chi connectivity index (χ2v) is 8.77. The lowest BCUT2D eigenvalue weighted by Gasteiger charge is -2.21. The molecule has 2 aromatic carbocycles. The first kappa shape index (κ1) is 20.7. The van der Waals surface area contributed by atoms with E-state index in [2.05, 4.69) is 10.6 Å². The van der Waals surface area contributed by atoms with Crippen molar-refractivity contribution in [2.24, 2.45) is 4.99 Å². The first-order valence-corrected chi connectivity index (χ1v) is 11.2. The van der Waals surface area contributed by atoms with Crippen LogP contribution in [0.2, 0.25) is 0 Å². The maximum Gasteiger partial charge on any atom is 0.251 e. The molecule has 3 aliphatic rings. The van der Waals surface area contributed by atoms with Gasteiger partial charge in [0.15, 0.2) is 6.29 Å². The van der Waals surface area contributed by atoms with Crippen LogP contribution in [0, 0.1) is 0 Å². The Balaban J connectivity index is 1.23. The van der Waals surface area contributed by atoms with Crippen molar-refractivity contribution < 1.29 is 19.4 Å². The van der Waals surface area contributed by atoms with E-state index in [1.807, 2.05) is 36.4 Å². The van der Waals surface area contributed by atoms with Gasteiger partial charge in [0.2, 0.25) is 0 Å². The Kier molecular flexibility index (Phi) is 5.65. The van der Waals surface area contributed by atoms with E-state index in [9.17, 15) is 14.7 Å². The number of amides is 2. The lowest BCUT2D eigenvalue weighted by Crippen LogP contribution is -2.40. The van der Waals surface area contributed by atoms with Crippen LogP contribution in [0.1, 0.15) is 23.2 Å². The van der Waals surface area contributed by atoms with Crippen LogP contribution in [0.15, 0.2) is 81.0 Å². The maximum atomic E-state index is 12.8. The molecule has 2 aromatic rings. The molecule has 8 heteroatoms. The Labute approximate surface area is 189 Å². The summed E-state index contributed by atoms with van der Waals surface area (Å²) >= 11 is 1.67. The van der Waals surface area contributed by atoms with Gasteiger partial charge in [0.1, 0.15) is 0 Å². The van der Waals surface area contributed by atoms with E-state index in [-0.39, 0.29) is 11.8 Å². The minimum absolute atomic E-state index is 0.199. The molecule has 7 nitrogen and oxygen atoms in total. The summed E-state index contributed by atoms with van der Waals surface area (Å²) < 4.78 is 5.05. The molecule has 1 aliphatic carbocycles. The number of nitrogens with one attached hydrogen (secondary N) is 2. The number of fused-ring (bicyclic) bond motifs is 2. The normalized spacial score (nSPS) is 21.5. The van der Waals surface area contributed by atoms with Gasteiger partial charge in [-0.15, -0.1) is 0 Å². The SMILES string of the molecule is O=C(Nc1ccc(C(=O)N[C@H]2CCOC2O)cc1)C1=CC=C2Sc3ccccc3N=C2C1. The van der Waals surface area contributed by atoms with Gasteiger partial charge >= 0.3 is 0 Å². The van der Waals surface area contributed by atoms with Crippen molar-refractivity contribution in [2.75, 3.05) is 11.9 Å². The first-order valence-electron chi connectivity index (χ1n) is 10.3. The fourth-order valence-electron chi connectivity index (χ4n) is 3.73. The van der Waals surface area contributed by atoms with Crippen molar-refractivity contribution in [3.63, 3.8) is 0 Å². The second-order valence-electron chi connectivity index (χ2n) is 7.69. The average molecular weight is 448 g/mol. The van der Waals surface area contributed by atoms with Gasteiger partial charge in [0, 0.05) is 33.0 Å². The van der Waals surface area contributed by atoms with Crippen molar-refractivity contribution >= 4 is 40.7 Å². The third-order valence-corrected chi connectivity index (χ3v) is 6.65. The fraction of sp³-hybridized carbons (Fsp3) is 0.208. The quantitative estimate of drug-likeness (QED) is 0.666. The van der Waals surface area contributed by atoms with E-state index < -0.39 is 12.3 Å². The Morgan fingerprint density at radius 1 is 1.06 bits per heavy atom. The number of anilines is 1. The minimum Gasteiger partial charge on any atom is -0.366 e. The van der Waals surface area contributed by atoms with Crippen LogP contribution in [-0.2, 0) is 9.53 Å². The number of thioether (sulfide) groups is 1. The molecule has 32 heavy (non-hydrogen) atoms. The molecule has 3 N–H and O–H groups in total. The van der Waals surface area contributed by atoms with E-state index in [0.29, 0.717) is 36.3 Å². The number of ether oxygens (including phenoxy) is 1. The average Bonchev–Trinajstić information content (AvgIpc) is 3.21. The summed E-state index contributed by atoms with van der Waals surface area (Å²) in [7, 11) is 0. The van der Waals surface area contributed by atoms with Crippen LogP contribution in [0.5, 0.6) is 0 Å². The summed E-state index contributed by atoms with van der Waals surface area (Å²) in [6.07, 6.45) is 3.83. The predicted molar refractivity (Wildman–Crippen MR) is 123 cm³/mol. The highest BCUT2D eigenvalue weighted by Crippen LogP contribution is 2.42. The summed E-state index contributed by atoms with van der Waals surface area (Å²) in [5, 5.41) is 15.3. The van der Waals surface area contributed by atoms with Crippen molar-refractivity contribution in [2.45, 2.75) is 30.1 Å². The number of para-hydroxylation sites is 1. The molecule has 0 spiro atoms. The molecule has 1 fully saturated rings. The lowest BCUT2D eigenvalue weighted by molar-refractivity contribution is -0.112. The van der Waals surface area contributed by atoms with E-state index in [1.54, 1.807) is 36.0 Å². The summed E-state index contributed by atoms with van der Waals surface area (Å²) in [5.41, 5.74) is 3.49. The van der Waals surface area contributed by atoms with Gasteiger partial charge in [0.25, 0.3) is 11.8 Å². The van der Waals surface area contributed by atoms with Crippen molar-refractivity contribution in [1.82, 2.24) is 5.32 Å². The van der Waals surface area contributed by atoms with Crippen molar-refractivity contribution in [1.29, 1.82) is 0 Å². The highest BCUT2D eigenvalue weighted by Gasteiger charge is 2.28. The molecule has 0 saturated carbocycles. The lowest BCUT2D eigenvalue weighted by atomic mass is 10.0. The highest BCUT2D eigenvalue weighted by molar-refractivity contribution is 8.04. The van der Waals surface area contributed by atoms with Gasteiger partial charge in [0.05, 0.1) is 24.0 Å². The van der Waals surface area contributed by atoms with Crippen molar-refractivity contribution in [3.8, 4) is 0 Å². The fourth-order valence-corrected chi connectivity index (χ4v) is 4.70. The van der Waals surface area contributed by atoms with Gasteiger partial charge in [-0.25, -0.2) is 0 Å². The molecule has 1 saturated heterocycles. The zero-order valence-electron chi connectivity index (χ0n) is 17.1. The van der Waals surface area contributed by atoms with Crippen LogP contribution in [-0.4, -0.2) is 41.6 Å². The number of benzene rings is 2. The molecule has 0 bridgehead atoms. The van der Waals surface area contributed by atoms with E-state index >= 15 is 0 Å². The largest absolute Gasteiger partial charge is 0.366 e. The molecule has 1 unspecified atom stereocenters. The number of aliphatic hydroxyl groups excluding tert-OH is 1. The summed E-state index contributed by atoms with van der Waals surface area (Å²) in [6, 6.07) is 14.2. The molecule has 0 aromatic heterocycles. The Morgan fingerprint density at radius 3 is 2.66 bits per heavy atom. The minimum atomic E-state index is -0.975. The number of carbonyl (C=O) groups excluding carboxylic acids is 2. The summed E-state index contributed by atoms with van der Waals surface area (Å²) in [4.78, 5) is 32.0. The van der Waals surface area contributed by atoms with E-state index in [4.69, 9.17) is 9.73 Å². The topological polar surface area (TPSA) is 100 Å². The number of carbonyl (C=O) groups is 2. The number of aliphatic hydroxyl groups is 1. The molecule has 2 heterocycles.